The molecule has 4 rings (SSSR count). The number of fused-ring (bicyclic) bond motifs is 1. The molecule has 0 saturated heterocycles. The maximum Gasteiger partial charge on any atom is 0.128 e. The Kier molecular flexibility index (Phi) is 3.75. The molecule has 0 saturated carbocycles. The van der Waals surface area contributed by atoms with Crippen LogP contribution in [-0.4, -0.2) is 15.7 Å². The van der Waals surface area contributed by atoms with Crippen LogP contribution in [0.1, 0.15) is 22.4 Å². The maximum atomic E-state index is 5.56. The molecule has 0 amide bonds. The number of nitrogens with zero attached hydrogens (tertiary/aromatic N) is 1. The Morgan fingerprint density at radius 1 is 0.917 bits per heavy atom. The molecule has 0 bridgehead atoms. The number of hydrogen-bond donors (Lipinski definition) is 2. The molecular formula is C20H17N3S. The molecule has 2 heterocycles. The average Bonchev–Trinajstić information content (AvgIpc) is 2.85. The standard InChI is InChI=1S/C20H17N3S/c1-13-18-16(19(21-13)15-10-6-3-7-11-15)12-17(22-23-20(18)24)14-8-4-2-5-9-14/h2-11,21H,12H2,1H3,(H,23,24). The van der Waals surface area contributed by atoms with E-state index in [1.807, 2.05) is 24.3 Å². The Morgan fingerprint density at radius 2 is 1.54 bits per heavy atom. The van der Waals surface area contributed by atoms with E-state index in [0.29, 0.717) is 4.99 Å². The largest absolute Gasteiger partial charge is 0.358 e. The maximum absolute atomic E-state index is 5.56. The van der Waals surface area contributed by atoms with Crippen molar-refractivity contribution in [1.29, 1.82) is 0 Å². The number of rotatable bonds is 2. The molecule has 1 aromatic heterocycles. The number of aromatic amines is 1. The first-order valence-corrected chi connectivity index (χ1v) is 8.34. The third-order valence-electron chi connectivity index (χ3n) is 4.32. The van der Waals surface area contributed by atoms with Gasteiger partial charge in [-0.2, -0.15) is 5.10 Å². The molecule has 118 valence electrons. The van der Waals surface area contributed by atoms with Crippen molar-refractivity contribution in [2.45, 2.75) is 13.3 Å². The zero-order valence-electron chi connectivity index (χ0n) is 13.3. The summed E-state index contributed by atoms with van der Waals surface area (Å²) < 4.78 is 0. The van der Waals surface area contributed by atoms with Crippen LogP contribution >= 0.6 is 12.2 Å². The molecular weight excluding hydrogens is 314 g/mol. The summed E-state index contributed by atoms with van der Waals surface area (Å²) in [5.41, 5.74) is 10.8. The van der Waals surface area contributed by atoms with Gasteiger partial charge >= 0.3 is 0 Å². The third kappa shape index (κ3) is 2.55. The van der Waals surface area contributed by atoms with Gasteiger partial charge in [0.2, 0.25) is 0 Å². The third-order valence-corrected chi connectivity index (χ3v) is 4.62. The van der Waals surface area contributed by atoms with Gasteiger partial charge < -0.3 is 4.98 Å². The SMILES string of the molecule is Cc1[nH]c(-c2ccccc2)c2c1C(=S)NN=C(c1ccccc1)C2. The van der Waals surface area contributed by atoms with E-state index in [-0.39, 0.29) is 0 Å². The van der Waals surface area contributed by atoms with Crippen LogP contribution in [-0.2, 0) is 6.42 Å². The molecule has 2 N–H and O–H groups in total. The van der Waals surface area contributed by atoms with Crippen LogP contribution < -0.4 is 5.43 Å². The van der Waals surface area contributed by atoms with Crippen molar-refractivity contribution in [1.82, 2.24) is 10.4 Å². The number of nitrogens with one attached hydrogen (secondary N) is 2. The molecule has 4 heteroatoms. The Balaban J connectivity index is 1.86. The number of hydrazone groups is 1. The summed E-state index contributed by atoms with van der Waals surface area (Å²) in [5.74, 6) is 0. The van der Waals surface area contributed by atoms with E-state index in [1.54, 1.807) is 0 Å². The van der Waals surface area contributed by atoms with Crippen molar-refractivity contribution in [3.05, 3.63) is 83.0 Å². The molecule has 0 unspecified atom stereocenters. The van der Waals surface area contributed by atoms with E-state index in [4.69, 9.17) is 12.2 Å². The van der Waals surface area contributed by atoms with Crippen LogP contribution in [0.15, 0.2) is 65.8 Å². The van der Waals surface area contributed by atoms with Crippen molar-refractivity contribution < 1.29 is 0 Å². The summed E-state index contributed by atoms with van der Waals surface area (Å²) in [5, 5.41) is 4.55. The predicted octanol–water partition coefficient (Wildman–Crippen LogP) is 4.22. The zero-order chi connectivity index (χ0) is 16.5. The van der Waals surface area contributed by atoms with Gasteiger partial charge in [-0.15, -0.1) is 0 Å². The highest BCUT2D eigenvalue weighted by atomic mass is 32.1. The van der Waals surface area contributed by atoms with Gasteiger partial charge in [0, 0.05) is 23.4 Å². The number of thiocarbonyl (C=S) groups is 1. The Bertz CT molecular complexity index is 924. The van der Waals surface area contributed by atoms with Crippen LogP contribution in [0.5, 0.6) is 0 Å². The van der Waals surface area contributed by atoms with Crippen molar-refractivity contribution in [3.63, 3.8) is 0 Å². The molecule has 0 spiro atoms. The van der Waals surface area contributed by atoms with Gasteiger partial charge in [-0.1, -0.05) is 72.9 Å². The number of aromatic nitrogens is 1. The molecule has 3 nitrogen and oxygen atoms in total. The lowest BCUT2D eigenvalue weighted by atomic mass is 9.96. The molecule has 0 aliphatic carbocycles. The summed E-state index contributed by atoms with van der Waals surface area (Å²) >= 11 is 5.56. The summed E-state index contributed by atoms with van der Waals surface area (Å²) in [4.78, 5) is 4.19. The van der Waals surface area contributed by atoms with Gasteiger partial charge in [-0.25, -0.2) is 0 Å². The van der Waals surface area contributed by atoms with Gasteiger partial charge in [0.05, 0.1) is 5.71 Å². The topological polar surface area (TPSA) is 40.2 Å². The number of aryl methyl sites for hydroxylation is 1. The van der Waals surface area contributed by atoms with E-state index in [1.165, 1.54) is 11.1 Å². The second-order valence-corrected chi connectivity index (χ2v) is 6.30. The Hall–Kier alpha value is -2.72. The van der Waals surface area contributed by atoms with Gasteiger partial charge in [0.1, 0.15) is 4.99 Å². The van der Waals surface area contributed by atoms with Crippen LogP contribution in [0.3, 0.4) is 0 Å². The lowest BCUT2D eigenvalue weighted by Crippen LogP contribution is -2.16. The fourth-order valence-corrected chi connectivity index (χ4v) is 3.51. The number of hydrogen-bond acceptors (Lipinski definition) is 2. The van der Waals surface area contributed by atoms with Crippen LogP contribution in [0.4, 0.5) is 0 Å². The Labute approximate surface area is 146 Å². The second kappa shape index (κ2) is 6.06. The van der Waals surface area contributed by atoms with Gasteiger partial charge in [-0.3, -0.25) is 5.43 Å². The quantitative estimate of drug-likeness (QED) is 0.690. The molecule has 3 aromatic rings. The summed E-state index contributed by atoms with van der Waals surface area (Å²) in [6.45, 7) is 2.06. The molecule has 2 aromatic carbocycles. The smallest absolute Gasteiger partial charge is 0.128 e. The molecule has 1 aliphatic heterocycles. The summed E-state index contributed by atoms with van der Waals surface area (Å²) in [6, 6.07) is 20.6. The molecule has 0 atom stereocenters. The highest BCUT2D eigenvalue weighted by molar-refractivity contribution is 7.80. The van der Waals surface area contributed by atoms with Gasteiger partial charge in [0.15, 0.2) is 0 Å². The van der Waals surface area contributed by atoms with Crippen molar-refractivity contribution in [3.8, 4) is 11.3 Å². The first kappa shape index (κ1) is 14.8. The van der Waals surface area contributed by atoms with Gasteiger partial charge in [-0.05, 0) is 23.6 Å². The van der Waals surface area contributed by atoms with E-state index in [0.717, 1.165) is 34.6 Å². The molecule has 24 heavy (non-hydrogen) atoms. The van der Waals surface area contributed by atoms with E-state index < -0.39 is 0 Å². The lowest BCUT2D eigenvalue weighted by molar-refractivity contribution is 1.04. The first-order valence-electron chi connectivity index (χ1n) is 7.93. The highest BCUT2D eigenvalue weighted by Crippen LogP contribution is 2.30. The van der Waals surface area contributed by atoms with Crippen molar-refractivity contribution in [2.24, 2.45) is 5.10 Å². The Morgan fingerprint density at radius 3 is 2.21 bits per heavy atom. The van der Waals surface area contributed by atoms with Crippen LogP contribution in [0.25, 0.3) is 11.3 Å². The summed E-state index contributed by atoms with van der Waals surface area (Å²) in [6.07, 6.45) is 0.737. The highest BCUT2D eigenvalue weighted by Gasteiger charge is 2.23. The van der Waals surface area contributed by atoms with Crippen molar-refractivity contribution >= 4 is 22.9 Å². The van der Waals surface area contributed by atoms with E-state index in [9.17, 15) is 0 Å². The minimum Gasteiger partial charge on any atom is -0.358 e. The van der Waals surface area contributed by atoms with E-state index >= 15 is 0 Å². The monoisotopic (exact) mass is 331 g/mol. The lowest BCUT2D eigenvalue weighted by Gasteiger charge is -2.07. The van der Waals surface area contributed by atoms with Crippen LogP contribution in [0, 0.1) is 6.92 Å². The fraction of sp³-hybridized carbons (Fsp3) is 0.100. The predicted molar refractivity (Wildman–Crippen MR) is 102 cm³/mol. The minimum absolute atomic E-state index is 0.673. The first-order chi connectivity index (χ1) is 11.7. The molecule has 0 radical (unpaired) electrons. The van der Waals surface area contributed by atoms with Gasteiger partial charge in [0.25, 0.3) is 0 Å². The zero-order valence-corrected chi connectivity index (χ0v) is 14.2. The summed E-state index contributed by atoms with van der Waals surface area (Å²) in [7, 11) is 0. The van der Waals surface area contributed by atoms with Crippen molar-refractivity contribution in [2.75, 3.05) is 0 Å². The average molecular weight is 331 g/mol. The molecule has 0 fully saturated rings. The molecule has 1 aliphatic rings. The fourth-order valence-electron chi connectivity index (χ4n) is 3.19. The second-order valence-electron chi connectivity index (χ2n) is 5.89. The van der Waals surface area contributed by atoms with E-state index in [2.05, 4.69) is 58.8 Å². The normalized spacial score (nSPS) is 13.7. The number of H-pyrrole nitrogens is 1. The van der Waals surface area contributed by atoms with Crippen LogP contribution in [0.2, 0.25) is 0 Å². The number of benzene rings is 2. The minimum atomic E-state index is 0.673.